The van der Waals surface area contributed by atoms with Crippen LogP contribution >= 0.6 is 0 Å². The van der Waals surface area contributed by atoms with Gasteiger partial charge in [-0.1, -0.05) is 72.8 Å². The van der Waals surface area contributed by atoms with Gasteiger partial charge in [0.25, 0.3) is 11.8 Å². The van der Waals surface area contributed by atoms with Gasteiger partial charge in [0, 0.05) is 12.6 Å². The summed E-state index contributed by atoms with van der Waals surface area (Å²) < 4.78 is 40.0. The van der Waals surface area contributed by atoms with Crippen LogP contribution < -0.4 is 24.4 Å². The summed E-state index contributed by atoms with van der Waals surface area (Å²) in [6.45, 7) is 1.81. The molecule has 0 radical (unpaired) electrons. The Morgan fingerprint density at radius 3 is 2.26 bits per heavy atom. The van der Waals surface area contributed by atoms with Gasteiger partial charge in [-0.3, -0.25) is 9.59 Å². The number of anilines is 1. The molecule has 0 saturated carbocycles. The molecule has 2 amide bonds. The van der Waals surface area contributed by atoms with E-state index in [0.717, 1.165) is 11.1 Å². The number of rotatable bonds is 10. The van der Waals surface area contributed by atoms with E-state index in [4.69, 9.17) is 9.47 Å². The smallest absolute Gasteiger partial charge is 0.265 e. The second-order valence-corrected chi connectivity index (χ2v) is 11.5. The average molecular weight is 586 g/mol. The lowest BCUT2D eigenvalue weighted by Gasteiger charge is -2.34. The van der Waals surface area contributed by atoms with Crippen molar-refractivity contribution in [3.63, 3.8) is 0 Å². The summed E-state index contributed by atoms with van der Waals surface area (Å²) in [7, 11) is -3.78. The van der Waals surface area contributed by atoms with E-state index >= 15 is 0 Å². The molecule has 216 valence electrons. The van der Waals surface area contributed by atoms with Crippen molar-refractivity contribution in [2.24, 2.45) is 0 Å². The van der Waals surface area contributed by atoms with Crippen molar-refractivity contribution >= 4 is 27.5 Å². The van der Waals surface area contributed by atoms with E-state index < -0.39 is 22.2 Å². The molecule has 1 aliphatic heterocycles. The van der Waals surface area contributed by atoms with Gasteiger partial charge in [-0.25, -0.2) is 13.1 Å². The monoisotopic (exact) mass is 585 g/mol. The summed E-state index contributed by atoms with van der Waals surface area (Å²) in [5.41, 5.74) is 2.34. The zero-order valence-electron chi connectivity index (χ0n) is 23.0. The first kappa shape index (κ1) is 28.8. The van der Waals surface area contributed by atoms with Gasteiger partial charge in [-0.05, 0) is 54.4 Å². The van der Waals surface area contributed by atoms with Crippen LogP contribution in [0.2, 0.25) is 0 Å². The van der Waals surface area contributed by atoms with Gasteiger partial charge in [-0.15, -0.1) is 0 Å². The molecule has 1 heterocycles. The number of hydrogen-bond donors (Lipinski definition) is 2. The number of carbonyl (C=O) groups excluding carboxylic acids is 2. The molecule has 0 aliphatic carbocycles. The lowest BCUT2D eigenvalue weighted by molar-refractivity contribution is -0.128. The molecule has 0 bridgehead atoms. The van der Waals surface area contributed by atoms with Crippen LogP contribution in [0, 0.1) is 0 Å². The standard InChI is InChI=1S/C32H31N3O6S/c1-23(25-12-6-3-7-13-25)34-42(38,39)27-18-16-26(17-19-27)40-22-31(36)35-21-30(41-29-15-9-8-14-28(29)35)32(37)33-20-24-10-4-2-5-11-24/h2-19,23,30,34H,20-22H2,1H3,(H,33,37)/t23-,30-/m1/s1. The predicted molar refractivity (Wildman–Crippen MR) is 159 cm³/mol. The highest BCUT2D eigenvalue weighted by Gasteiger charge is 2.34. The molecule has 1 aliphatic rings. The van der Waals surface area contributed by atoms with Gasteiger partial charge < -0.3 is 19.7 Å². The van der Waals surface area contributed by atoms with Crippen LogP contribution in [0.4, 0.5) is 5.69 Å². The molecule has 4 aromatic rings. The zero-order valence-corrected chi connectivity index (χ0v) is 23.8. The van der Waals surface area contributed by atoms with E-state index in [1.54, 1.807) is 31.2 Å². The molecule has 0 saturated heterocycles. The molecule has 5 rings (SSSR count). The third-order valence-corrected chi connectivity index (χ3v) is 8.36. The minimum absolute atomic E-state index is 0.0162. The molecule has 0 aromatic heterocycles. The molecule has 0 spiro atoms. The molecular weight excluding hydrogens is 554 g/mol. The van der Waals surface area contributed by atoms with Gasteiger partial charge in [-0.2, -0.15) is 0 Å². The summed E-state index contributed by atoms with van der Waals surface area (Å²) >= 11 is 0. The predicted octanol–water partition coefficient (Wildman–Crippen LogP) is 4.22. The Morgan fingerprint density at radius 2 is 1.55 bits per heavy atom. The second-order valence-electron chi connectivity index (χ2n) is 9.80. The highest BCUT2D eigenvalue weighted by atomic mass is 32.2. The topological polar surface area (TPSA) is 114 Å². The van der Waals surface area contributed by atoms with Crippen LogP contribution in [-0.4, -0.2) is 39.5 Å². The maximum Gasteiger partial charge on any atom is 0.265 e. The van der Waals surface area contributed by atoms with Crippen molar-refractivity contribution < 1.29 is 27.5 Å². The van der Waals surface area contributed by atoms with E-state index in [-0.39, 0.29) is 29.9 Å². The van der Waals surface area contributed by atoms with E-state index in [0.29, 0.717) is 23.7 Å². The Bertz CT molecular complexity index is 1630. The average Bonchev–Trinajstić information content (AvgIpc) is 3.02. The molecule has 42 heavy (non-hydrogen) atoms. The number of fused-ring (bicyclic) bond motifs is 1. The maximum absolute atomic E-state index is 13.3. The van der Waals surface area contributed by atoms with Crippen LogP contribution in [-0.2, 0) is 26.2 Å². The Morgan fingerprint density at radius 1 is 0.905 bits per heavy atom. The van der Waals surface area contributed by atoms with Crippen LogP contribution in [0.3, 0.4) is 0 Å². The molecule has 4 aromatic carbocycles. The quantitative estimate of drug-likeness (QED) is 0.288. The molecule has 2 N–H and O–H groups in total. The molecular formula is C32H31N3O6S. The fourth-order valence-electron chi connectivity index (χ4n) is 4.55. The summed E-state index contributed by atoms with van der Waals surface area (Å²) in [5.74, 6) is 0.0431. The number of benzene rings is 4. The van der Waals surface area contributed by atoms with Crippen LogP contribution in [0.5, 0.6) is 11.5 Å². The number of hydrogen-bond acceptors (Lipinski definition) is 6. The van der Waals surface area contributed by atoms with Gasteiger partial charge in [0.05, 0.1) is 17.1 Å². The number of carbonyl (C=O) groups is 2. The Kier molecular flexibility index (Phi) is 8.85. The third kappa shape index (κ3) is 6.96. The first-order valence-electron chi connectivity index (χ1n) is 13.5. The molecule has 0 fully saturated rings. The largest absolute Gasteiger partial charge is 0.484 e. The first-order chi connectivity index (χ1) is 20.3. The highest BCUT2D eigenvalue weighted by molar-refractivity contribution is 7.89. The number of sulfonamides is 1. The number of ether oxygens (including phenoxy) is 2. The van der Waals surface area contributed by atoms with Gasteiger partial charge in [0.15, 0.2) is 12.7 Å². The minimum Gasteiger partial charge on any atom is -0.484 e. The number of amides is 2. The lowest BCUT2D eigenvalue weighted by atomic mass is 10.1. The summed E-state index contributed by atoms with van der Waals surface area (Å²) in [5, 5.41) is 2.87. The normalized spacial score (nSPS) is 15.2. The van der Waals surface area contributed by atoms with Gasteiger partial charge in [0.2, 0.25) is 10.0 Å². The molecule has 0 unspecified atom stereocenters. The lowest BCUT2D eigenvalue weighted by Crippen LogP contribution is -2.51. The molecule has 10 heteroatoms. The van der Waals surface area contributed by atoms with Gasteiger partial charge >= 0.3 is 0 Å². The number of nitrogens with zero attached hydrogens (tertiary/aromatic N) is 1. The molecule has 9 nitrogen and oxygen atoms in total. The summed E-state index contributed by atoms with van der Waals surface area (Å²) in [6.07, 6.45) is -0.900. The van der Waals surface area contributed by atoms with Crippen molar-refractivity contribution in [2.45, 2.75) is 30.5 Å². The van der Waals surface area contributed by atoms with Crippen molar-refractivity contribution in [2.75, 3.05) is 18.1 Å². The summed E-state index contributed by atoms with van der Waals surface area (Å²) in [4.78, 5) is 27.8. The maximum atomic E-state index is 13.3. The number of nitrogens with one attached hydrogen (secondary N) is 2. The SMILES string of the molecule is C[C@@H](NS(=O)(=O)c1ccc(OCC(=O)N2C[C@H](C(=O)NCc3ccccc3)Oc3ccccc32)cc1)c1ccccc1. The van der Waals surface area contributed by atoms with E-state index in [9.17, 15) is 18.0 Å². The summed E-state index contributed by atoms with van der Waals surface area (Å²) in [6, 6.07) is 31.2. The van der Waals surface area contributed by atoms with E-state index in [2.05, 4.69) is 10.0 Å². The van der Waals surface area contributed by atoms with Crippen LogP contribution in [0.25, 0.3) is 0 Å². The van der Waals surface area contributed by atoms with Crippen molar-refractivity contribution in [1.29, 1.82) is 0 Å². The zero-order chi connectivity index (χ0) is 29.5. The Balaban J connectivity index is 1.20. The second kappa shape index (κ2) is 12.9. The fourth-order valence-corrected chi connectivity index (χ4v) is 5.79. The number of para-hydroxylation sites is 2. The molecule has 2 atom stereocenters. The van der Waals surface area contributed by atoms with Crippen LogP contribution in [0.15, 0.2) is 114 Å². The van der Waals surface area contributed by atoms with Crippen LogP contribution in [0.1, 0.15) is 24.1 Å². The first-order valence-corrected chi connectivity index (χ1v) is 15.0. The third-order valence-electron chi connectivity index (χ3n) is 6.80. The van der Waals surface area contributed by atoms with E-state index in [1.165, 1.54) is 29.2 Å². The van der Waals surface area contributed by atoms with Gasteiger partial charge in [0.1, 0.15) is 11.5 Å². The fraction of sp³-hybridized carbons (Fsp3) is 0.188. The highest BCUT2D eigenvalue weighted by Crippen LogP contribution is 2.33. The van der Waals surface area contributed by atoms with Crippen molar-refractivity contribution in [3.8, 4) is 11.5 Å². The van der Waals surface area contributed by atoms with Crippen molar-refractivity contribution in [1.82, 2.24) is 10.0 Å². The Labute approximate surface area is 245 Å². The Hall–Kier alpha value is -4.67. The van der Waals surface area contributed by atoms with Crippen molar-refractivity contribution in [3.05, 3.63) is 120 Å². The minimum atomic E-state index is -3.78. The van der Waals surface area contributed by atoms with E-state index in [1.807, 2.05) is 60.7 Å².